The minimum Gasteiger partial charge on any atom is -0.507 e. The van der Waals surface area contributed by atoms with E-state index in [2.05, 4.69) is 18.8 Å². The van der Waals surface area contributed by atoms with Crippen molar-refractivity contribution in [3.63, 3.8) is 0 Å². The van der Waals surface area contributed by atoms with Gasteiger partial charge in [-0.2, -0.15) is 0 Å². The number of aliphatic hydroxyl groups is 1. The first-order valence-electron chi connectivity index (χ1n) is 11.2. The molecule has 1 unspecified atom stereocenters. The SMILES string of the molecule is Cc1ccc2nc(N3C(=O)C(=O)/C(=C(/O)c4ccccc4)C3c3ccc(C(C)C)cc3)sc2c1. The number of ketones is 1. The maximum absolute atomic E-state index is 13.4. The first-order chi connectivity index (χ1) is 16.3. The Labute approximate surface area is 202 Å². The molecule has 5 rings (SSSR count). The van der Waals surface area contributed by atoms with Gasteiger partial charge in [-0.3, -0.25) is 14.5 Å². The number of aromatic nitrogens is 1. The number of nitrogens with zero attached hydrogens (tertiary/aromatic N) is 2. The Kier molecular flexibility index (Phi) is 5.54. The Hall–Kier alpha value is -3.77. The Morgan fingerprint density at radius 3 is 2.38 bits per heavy atom. The van der Waals surface area contributed by atoms with Gasteiger partial charge in [-0.1, -0.05) is 85.8 Å². The van der Waals surface area contributed by atoms with Crippen LogP contribution in [0, 0.1) is 6.92 Å². The molecular formula is C28H24N2O3S. The third-order valence-electron chi connectivity index (χ3n) is 6.15. The van der Waals surface area contributed by atoms with Crippen molar-refractivity contribution in [2.24, 2.45) is 0 Å². The number of rotatable bonds is 4. The van der Waals surface area contributed by atoms with E-state index < -0.39 is 17.7 Å². The lowest BCUT2D eigenvalue weighted by atomic mass is 9.93. The molecule has 0 aliphatic carbocycles. The maximum atomic E-state index is 13.4. The molecule has 1 aromatic heterocycles. The number of amides is 1. The number of benzene rings is 3. The van der Waals surface area contributed by atoms with E-state index in [1.54, 1.807) is 24.3 Å². The van der Waals surface area contributed by atoms with Crippen LogP contribution in [0.25, 0.3) is 16.0 Å². The first kappa shape index (κ1) is 22.0. The quantitative estimate of drug-likeness (QED) is 0.215. The first-order valence-corrected chi connectivity index (χ1v) is 12.0. The second-order valence-corrected chi connectivity index (χ2v) is 9.83. The van der Waals surface area contributed by atoms with Gasteiger partial charge in [0.1, 0.15) is 5.76 Å². The lowest BCUT2D eigenvalue weighted by Gasteiger charge is -2.23. The van der Waals surface area contributed by atoms with Crippen molar-refractivity contribution in [2.75, 3.05) is 4.90 Å². The molecule has 170 valence electrons. The highest BCUT2D eigenvalue weighted by Gasteiger charge is 2.48. The minimum absolute atomic E-state index is 0.0731. The molecule has 0 spiro atoms. The third kappa shape index (κ3) is 3.70. The lowest BCUT2D eigenvalue weighted by molar-refractivity contribution is -0.132. The van der Waals surface area contributed by atoms with Crippen LogP contribution in [0.5, 0.6) is 0 Å². The van der Waals surface area contributed by atoms with E-state index in [-0.39, 0.29) is 11.3 Å². The highest BCUT2D eigenvalue weighted by atomic mass is 32.1. The summed E-state index contributed by atoms with van der Waals surface area (Å²) in [5.74, 6) is -1.24. The Morgan fingerprint density at radius 2 is 1.71 bits per heavy atom. The van der Waals surface area contributed by atoms with E-state index in [1.807, 2.05) is 55.5 Å². The van der Waals surface area contributed by atoms with E-state index in [0.717, 1.165) is 26.9 Å². The highest BCUT2D eigenvalue weighted by molar-refractivity contribution is 7.22. The van der Waals surface area contributed by atoms with E-state index in [9.17, 15) is 14.7 Å². The van der Waals surface area contributed by atoms with Gasteiger partial charge >= 0.3 is 5.91 Å². The summed E-state index contributed by atoms with van der Waals surface area (Å²) >= 11 is 1.37. The molecule has 1 fully saturated rings. The summed E-state index contributed by atoms with van der Waals surface area (Å²) < 4.78 is 0.939. The third-order valence-corrected chi connectivity index (χ3v) is 7.17. The smallest absolute Gasteiger partial charge is 0.301 e. The summed E-state index contributed by atoms with van der Waals surface area (Å²) in [7, 11) is 0. The molecule has 1 atom stereocenters. The van der Waals surface area contributed by atoms with Crippen LogP contribution >= 0.6 is 11.3 Å². The van der Waals surface area contributed by atoms with Gasteiger partial charge in [-0.15, -0.1) is 0 Å². The van der Waals surface area contributed by atoms with Crippen molar-refractivity contribution in [1.82, 2.24) is 4.98 Å². The van der Waals surface area contributed by atoms with E-state index in [0.29, 0.717) is 16.6 Å². The van der Waals surface area contributed by atoms with Gasteiger partial charge in [-0.05, 0) is 41.7 Å². The number of carbonyl (C=O) groups is 2. The fourth-order valence-corrected chi connectivity index (χ4v) is 5.37. The zero-order valence-electron chi connectivity index (χ0n) is 19.1. The van der Waals surface area contributed by atoms with Crippen molar-refractivity contribution >= 4 is 44.1 Å². The van der Waals surface area contributed by atoms with Gasteiger partial charge in [0.15, 0.2) is 5.13 Å². The largest absolute Gasteiger partial charge is 0.507 e. The molecule has 1 aliphatic rings. The van der Waals surface area contributed by atoms with Crippen molar-refractivity contribution < 1.29 is 14.7 Å². The molecule has 3 aromatic carbocycles. The minimum atomic E-state index is -0.775. The summed E-state index contributed by atoms with van der Waals surface area (Å²) in [5, 5.41) is 11.6. The van der Waals surface area contributed by atoms with Crippen LogP contribution < -0.4 is 4.90 Å². The van der Waals surface area contributed by atoms with Crippen LogP contribution in [0.4, 0.5) is 5.13 Å². The van der Waals surface area contributed by atoms with Crippen LogP contribution in [-0.2, 0) is 9.59 Å². The molecule has 1 amide bonds. The molecule has 4 aromatic rings. The molecular weight excluding hydrogens is 444 g/mol. The molecule has 2 heterocycles. The molecule has 0 radical (unpaired) electrons. The van der Waals surface area contributed by atoms with Crippen molar-refractivity contribution in [1.29, 1.82) is 0 Å². The summed E-state index contributed by atoms with van der Waals surface area (Å²) in [6.07, 6.45) is 0. The van der Waals surface area contributed by atoms with Gasteiger partial charge in [0.25, 0.3) is 5.78 Å². The van der Waals surface area contributed by atoms with Gasteiger partial charge in [0, 0.05) is 5.56 Å². The molecule has 5 nitrogen and oxygen atoms in total. The number of hydrogen-bond acceptors (Lipinski definition) is 5. The van der Waals surface area contributed by atoms with Crippen LogP contribution in [0.15, 0.2) is 78.4 Å². The monoisotopic (exact) mass is 468 g/mol. The molecule has 1 aliphatic heterocycles. The predicted molar refractivity (Wildman–Crippen MR) is 136 cm³/mol. The number of fused-ring (bicyclic) bond motifs is 1. The molecule has 34 heavy (non-hydrogen) atoms. The van der Waals surface area contributed by atoms with Crippen molar-refractivity contribution in [3.8, 4) is 0 Å². The predicted octanol–water partition coefficient (Wildman–Crippen LogP) is 6.35. The highest BCUT2D eigenvalue weighted by Crippen LogP contribution is 2.44. The fraction of sp³-hybridized carbons (Fsp3) is 0.179. The number of carbonyl (C=O) groups excluding carboxylic acids is 2. The van der Waals surface area contributed by atoms with Gasteiger partial charge in [0.2, 0.25) is 0 Å². The average Bonchev–Trinajstić information content (AvgIpc) is 3.37. The topological polar surface area (TPSA) is 70.5 Å². The molecule has 0 saturated carbocycles. The number of Topliss-reactive ketones (excluding diaryl/α,β-unsaturated/α-hetero) is 1. The maximum Gasteiger partial charge on any atom is 0.301 e. The number of anilines is 1. The van der Waals surface area contributed by atoms with Crippen molar-refractivity contribution in [2.45, 2.75) is 32.7 Å². The van der Waals surface area contributed by atoms with Crippen LogP contribution in [0.1, 0.15) is 48.1 Å². The van der Waals surface area contributed by atoms with E-state index in [4.69, 9.17) is 0 Å². The van der Waals surface area contributed by atoms with Crippen LogP contribution in [-0.4, -0.2) is 21.8 Å². The summed E-state index contributed by atoms with van der Waals surface area (Å²) in [6.45, 7) is 6.22. The van der Waals surface area contributed by atoms with Gasteiger partial charge in [0.05, 0.1) is 21.8 Å². The zero-order valence-corrected chi connectivity index (χ0v) is 20.0. The number of aliphatic hydroxyl groups excluding tert-OH is 1. The average molecular weight is 469 g/mol. The normalized spacial score (nSPS) is 17.8. The van der Waals surface area contributed by atoms with Crippen LogP contribution in [0.2, 0.25) is 0 Å². The molecule has 6 heteroatoms. The van der Waals surface area contributed by atoms with E-state index in [1.165, 1.54) is 16.2 Å². The Bertz CT molecular complexity index is 1440. The fourth-order valence-electron chi connectivity index (χ4n) is 4.28. The number of aryl methyl sites for hydroxylation is 1. The Balaban J connectivity index is 1.72. The number of thiazole rings is 1. The Morgan fingerprint density at radius 1 is 1.00 bits per heavy atom. The lowest BCUT2D eigenvalue weighted by Crippen LogP contribution is -2.29. The van der Waals surface area contributed by atoms with Crippen LogP contribution in [0.3, 0.4) is 0 Å². The summed E-state index contributed by atoms with van der Waals surface area (Å²) in [6, 6.07) is 21.8. The molecule has 1 N–H and O–H groups in total. The molecule has 0 bridgehead atoms. The second-order valence-electron chi connectivity index (χ2n) is 8.82. The number of hydrogen-bond donors (Lipinski definition) is 1. The summed E-state index contributed by atoms with van der Waals surface area (Å²) in [5.41, 5.74) is 4.32. The summed E-state index contributed by atoms with van der Waals surface area (Å²) in [4.78, 5) is 32.8. The van der Waals surface area contributed by atoms with Gasteiger partial charge < -0.3 is 5.11 Å². The van der Waals surface area contributed by atoms with Crippen molar-refractivity contribution in [3.05, 3.63) is 101 Å². The molecule has 1 saturated heterocycles. The van der Waals surface area contributed by atoms with Gasteiger partial charge in [-0.25, -0.2) is 4.98 Å². The second kappa shape index (κ2) is 8.54. The standard InChI is InChI=1S/C28H24N2O3S/c1-16(2)18-10-12-19(13-11-18)24-23(25(31)20-7-5-4-6-8-20)26(32)27(33)30(24)28-29-21-14-9-17(3)15-22(21)34-28/h4-16,24,31H,1-3H3/b25-23+. The zero-order chi connectivity index (χ0) is 24.0. The van der Waals surface area contributed by atoms with E-state index >= 15 is 0 Å².